The molecule has 3 fully saturated rings. The molecular formula is C22H32N4O. The molecule has 27 heavy (non-hydrogen) atoms. The van der Waals surface area contributed by atoms with Crippen molar-refractivity contribution in [3.8, 4) is 0 Å². The summed E-state index contributed by atoms with van der Waals surface area (Å²) in [6.07, 6.45) is 15.7. The van der Waals surface area contributed by atoms with Gasteiger partial charge in [-0.3, -0.25) is 14.4 Å². The summed E-state index contributed by atoms with van der Waals surface area (Å²) < 4.78 is 1.93. The molecule has 0 unspecified atom stereocenters. The topological polar surface area (TPSA) is 41.4 Å². The van der Waals surface area contributed by atoms with Crippen LogP contribution in [0.15, 0.2) is 30.1 Å². The minimum absolute atomic E-state index is 0.358. The summed E-state index contributed by atoms with van der Waals surface area (Å²) in [5.74, 6) is 1.75. The smallest absolute Gasteiger partial charge is 0.223 e. The monoisotopic (exact) mass is 368 g/mol. The summed E-state index contributed by atoms with van der Waals surface area (Å²) in [6.45, 7) is 4.26. The van der Waals surface area contributed by atoms with Gasteiger partial charge >= 0.3 is 0 Å². The Kier molecular flexibility index (Phi) is 4.80. The molecule has 1 aromatic heterocycles. The second-order valence-electron chi connectivity index (χ2n) is 8.97. The summed E-state index contributed by atoms with van der Waals surface area (Å²) in [7, 11) is 0. The second kappa shape index (κ2) is 7.42. The van der Waals surface area contributed by atoms with Crippen molar-refractivity contribution in [2.24, 2.45) is 11.8 Å². The first kappa shape index (κ1) is 17.5. The lowest BCUT2D eigenvalue weighted by Crippen LogP contribution is -2.60. The number of piperidine rings is 3. The van der Waals surface area contributed by atoms with Crippen molar-refractivity contribution >= 4 is 5.91 Å². The first-order chi connectivity index (χ1) is 13.3. The van der Waals surface area contributed by atoms with Gasteiger partial charge in [-0.05, 0) is 63.0 Å². The third-order valence-corrected chi connectivity index (χ3v) is 7.31. The molecule has 5 nitrogen and oxygen atoms in total. The quantitative estimate of drug-likeness (QED) is 0.767. The molecule has 4 heterocycles. The van der Waals surface area contributed by atoms with Crippen LogP contribution in [0.1, 0.15) is 51.4 Å². The van der Waals surface area contributed by atoms with E-state index in [4.69, 9.17) is 0 Å². The summed E-state index contributed by atoms with van der Waals surface area (Å²) in [4.78, 5) is 18.1. The van der Waals surface area contributed by atoms with Gasteiger partial charge in [0.05, 0.1) is 6.04 Å². The molecule has 1 amide bonds. The molecule has 0 radical (unpaired) electrons. The molecule has 1 aromatic rings. The van der Waals surface area contributed by atoms with Gasteiger partial charge in [0.15, 0.2) is 0 Å². The van der Waals surface area contributed by atoms with Gasteiger partial charge in [0.1, 0.15) is 0 Å². The van der Waals surface area contributed by atoms with Gasteiger partial charge in [0.25, 0.3) is 0 Å². The molecule has 5 rings (SSSR count). The fourth-order valence-electron chi connectivity index (χ4n) is 6.22. The van der Waals surface area contributed by atoms with Crippen molar-refractivity contribution in [1.82, 2.24) is 19.6 Å². The van der Waals surface area contributed by atoms with Crippen LogP contribution in [0.3, 0.4) is 0 Å². The number of nitrogens with zero attached hydrogens (tertiary/aromatic N) is 4. The lowest BCUT2D eigenvalue weighted by Gasteiger charge is -2.54. The Labute approximate surface area is 162 Å². The number of amides is 1. The number of likely N-dealkylation sites (tertiary alicyclic amines) is 1. The van der Waals surface area contributed by atoms with E-state index in [0.717, 1.165) is 37.9 Å². The van der Waals surface area contributed by atoms with Crippen LogP contribution in [0.4, 0.5) is 0 Å². The Bertz CT molecular complexity index is 697. The predicted octanol–water partition coefficient (Wildman–Crippen LogP) is 3.08. The summed E-state index contributed by atoms with van der Waals surface area (Å²) in [5.41, 5.74) is 1.59. The number of aromatic nitrogens is 2. The van der Waals surface area contributed by atoms with E-state index < -0.39 is 0 Å². The Morgan fingerprint density at radius 3 is 3.07 bits per heavy atom. The molecule has 4 aliphatic rings. The van der Waals surface area contributed by atoms with Crippen LogP contribution in [0, 0.1) is 11.8 Å². The number of aryl methyl sites for hydroxylation is 1. The Balaban J connectivity index is 1.28. The fourth-order valence-corrected chi connectivity index (χ4v) is 6.22. The molecule has 146 valence electrons. The van der Waals surface area contributed by atoms with Crippen molar-refractivity contribution < 1.29 is 4.79 Å². The third kappa shape index (κ3) is 3.35. The number of hydrogen-bond acceptors (Lipinski definition) is 3. The molecule has 0 N–H and O–H groups in total. The first-order valence-electron chi connectivity index (χ1n) is 11.0. The second-order valence-corrected chi connectivity index (χ2v) is 8.97. The molecular weight excluding hydrogens is 336 g/mol. The van der Waals surface area contributed by atoms with Crippen LogP contribution in [0.5, 0.6) is 0 Å². The van der Waals surface area contributed by atoms with E-state index in [2.05, 4.69) is 21.0 Å². The van der Waals surface area contributed by atoms with Gasteiger partial charge in [-0.1, -0.05) is 18.1 Å². The van der Waals surface area contributed by atoms with E-state index in [0.29, 0.717) is 24.3 Å². The van der Waals surface area contributed by atoms with Crippen molar-refractivity contribution in [2.45, 2.75) is 70.0 Å². The average Bonchev–Trinajstić information content (AvgIpc) is 3.21. The van der Waals surface area contributed by atoms with Crippen LogP contribution >= 0.6 is 0 Å². The van der Waals surface area contributed by atoms with Crippen LogP contribution < -0.4 is 0 Å². The van der Waals surface area contributed by atoms with Crippen molar-refractivity contribution in [1.29, 1.82) is 0 Å². The highest BCUT2D eigenvalue weighted by Crippen LogP contribution is 2.45. The van der Waals surface area contributed by atoms with E-state index in [1.54, 1.807) is 11.8 Å². The van der Waals surface area contributed by atoms with Crippen LogP contribution in [0.25, 0.3) is 0 Å². The maximum atomic E-state index is 13.1. The van der Waals surface area contributed by atoms with Gasteiger partial charge in [-0.2, -0.15) is 5.10 Å². The Morgan fingerprint density at radius 1 is 1.22 bits per heavy atom. The standard InChI is InChI=1S/C22H32N4O/c27-21(8-4-11-25-12-5-9-23-25)26-13-3-6-17-14-18-15-19(22(17)26)16-24-10-2-1-7-20(18)24/h5,9,12,14,18-20,22H,1-4,6-8,10-11,13,15-16H2/t18-,19-,20-,22-/m0/s1. The maximum Gasteiger partial charge on any atom is 0.223 e. The van der Waals surface area contributed by atoms with E-state index >= 15 is 0 Å². The zero-order valence-electron chi connectivity index (χ0n) is 16.3. The van der Waals surface area contributed by atoms with Crippen LogP contribution in [-0.2, 0) is 11.3 Å². The lowest BCUT2D eigenvalue weighted by atomic mass is 9.68. The largest absolute Gasteiger partial charge is 0.336 e. The highest BCUT2D eigenvalue weighted by atomic mass is 16.2. The molecule has 1 aliphatic carbocycles. The summed E-state index contributed by atoms with van der Waals surface area (Å²) in [6, 6.07) is 3.11. The molecule has 0 spiro atoms. The average molecular weight is 369 g/mol. The molecule has 0 aromatic carbocycles. The predicted molar refractivity (Wildman–Crippen MR) is 105 cm³/mol. The molecule has 4 atom stereocenters. The zero-order valence-corrected chi connectivity index (χ0v) is 16.3. The van der Waals surface area contributed by atoms with Crippen molar-refractivity contribution in [3.63, 3.8) is 0 Å². The SMILES string of the molecule is O=C(CCCn1cccn1)N1CCCC2=C[C@H]3C[C@@H](CN4CCCC[C@@H]34)[C@H]21. The normalized spacial score (nSPS) is 33.2. The first-order valence-corrected chi connectivity index (χ1v) is 11.0. The summed E-state index contributed by atoms with van der Waals surface area (Å²) in [5, 5.41) is 4.25. The molecule has 5 heteroatoms. The van der Waals surface area contributed by atoms with Gasteiger partial charge in [-0.25, -0.2) is 0 Å². The van der Waals surface area contributed by atoms with E-state index in [-0.39, 0.29) is 0 Å². The van der Waals surface area contributed by atoms with E-state index in [1.165, 1.54) is 45.2 Å². The number of carbonyl (C=O) groups excluding carboxylic acids is 1. The minimum Gasteiger partial charge on any atom is -0.336 e. The molecule has 2 bridgehead atoms. The molecule has 3 saturated heterocycles. The minimum atomic E-state index is 0.358. The van der Waals surface area contributed by atoms with Gasteiger partial charge < -0.3 is 4.90 Å². The highest BCUT2D eigenvalue weighted by Gasteiger charge is 2.46. The number of rotatable bonds is 4. The van der Waals surface area contributed by atoms with Gasteiger partial charge in [0.2, 0.25) is 5.91 Å². The van der Waals surface area contributed by atoms with E-state index in [1.807, 2.05) is 16.9 Å². The highest BCUT2D eigenvalue weighted by molar-refractivity contribution is 5.77. The molecule has 3 aliphatic heterocycles. The van der Waals surface area contributed by atoms with E-state index in [9.17, 15) is 4.79 Å². The molecule has 0 saturated carbocycles. The van der Waals surface area contributed by atoms with Crippen molar-refractivity contribution in [3.05, 3.63) is 30.1 Å². The van der Waals surface area contributed by atoms with Crippen LogP contribution in [-0.4, -0.2) is 57.2 Å². The zero-order chi connectivity index (χ0) is 18.2. The van der Waals surface area contributed by atoms with Crippen molar-refractivity contribution in [2.75, 3.05) is 19.6 Å². The maximum absolute atomic E-state index is 13.1. The third-order valence-electron chi connectivity index (χ3n) is 7.31. The fraction of sp³-hybridized carbons (Fsp3) is 0.727. The number of carbonyl (C=O) groups is 1. The Hall–Kier alpha value is -1.62. The number of hydrogen-bond donors (Lipinski definition) is 0. The summed E-state index contributed by atoms with van der Waals surface area (Å²) >= 11 is 0. The van der Waals surface area contributed by atoms with Gasteiger partial charge in [0, 0.05) is 44.5 Å². The Morgan fingerprint density at radius 2 is 2.19 bits per heavy atom. The lowest BCUT2D eigenvalue weighted by molar-refractivity contribution is -0.136. The van der Waals surface area contributed by atoms with Crippen LogP contribution in [0.2, 0.25) is 0 Å². The number of fused-ring (bicyclic) bond motifs is 6. The van der Waals surface area contributed by atoms with Gasteiger partial charge in [-0.15, -0.1) is 0 Å².